The Kier molecular flexibility index (Phi) is 4.94. The van der Waals surface area contributed by atoms with Crippen LogP contribution in [0.3, 0.4) is 0 Å². The molecule has 1 aromatic carbocycles. The number of aliphatic hydroxyl groups excluding tert-OH is 1. The number of halogens is 4. The minimum atomic E-state index is -0.665. The van der Waals surface area contributed by atoms with E-state index in [-0.39, 0.29) is 0 Å². The summed E-state index contributed by atoms with van der Waals surface area (Å²) >= 11 is 16.6. The second-order valence-electron chi connectivity index (χ2n) is 3.36. The largest absolute Gasteiger partial charge is 0.384 e. The van der Waals surface area contributed by atoms with Gasteiger partial charge in [0.25, 0.3) is 0 Å². The molecule has 0 fully saturated rings. The van der Waals surface area contributed by atoms with E-state index in [1.54, 1.807) is 6.07 Å². The molecule has 1 atom stereocenters. The summed E-state index contributed by atoms with van der Waals surface area (Å²) in [7, 11) is 0. The van der Waals surface area contributed by atoms with Gasteiger partial charge in [-0.15, -0.1) is 11.3 Å². The van der Waals surface area contributed by atoms with Gasteiger partial charge < -0.3 is 5.11 Å². The van der Waals surface area contributed by atoms with Gasteiger partial charge in [0.15, 0.2) is 0 Å². The first-order valence-corrected chi connectivity index (χ1v) is 8.42. The molecule has 17 heavy (non-hydrogen) atoms. The molecule has 0 amide bonds. The summed E-state index contributed by atoms with van der Waals surface area (Å²) in [5.74, 6) is 0. The minimum Gasteiger partial charge on any atom is -0.384 e. The third-order valence-electron chi connectivity index (χ3n) is 2.24. The number of aliphatic hydroxyl groups is 1. The summed E-state index contributed by atoms with van der Waals surface area (Å²) in [6.07, 6.45) is -0.665. The van der Waals surface area contributed by atoms with Gasteiger partial charge in [-0.1, -0.05) is 17.7 Å². The van der Waals surface area contributed by atoms with Crippen molar-refractivity contribution in [2.75, 3.05) is 0 Å². The average Bonchev–Trinajstić information content (AvgIpc) is 2.61. The smallest absolute Gasteiger partial charge is 0.106 e. The van der Waals surface area contributed by atoms with Crippen LogP contribution in [-0.2, 0) is 0 Å². The Balaban J connectivity index is 2.40. The zero-order valence-electron chi connectivity index (χ0n) is 8.25. The Morgan fingerprint density at radius 3 is 2.53 bits per heavy atom. The lowest BCUT2D eigenvalue weighted by atomic mass is 10.0. The van der Waals surface area contributed by atoms with E-state index < -0.39 is 6.10 Å². The van der Waals surface area contributed by atoms with Crippen molar-refractivity contribution >= 4 is 77.4 Å². The molecule has 0 aliphatic heterocycles. The lowest BCUT2D eigenvalue weighted by Gasteiger charge is -2.11. The second kappa shape index (κ2) is 5.88. The Labute approximate surface area is 139 Å². The van der Waals surface area contributed by atoms with Crippen LogP contribution < -0.4 is 0 Å². The average molecular weight is 508 g/mol. The Morgan fingerprint density at radius 1 is 1.29 bits per heavy atom. The molecule has 0 spiro atoms. The van der Waals surface area contributed by atoms with E-state index in [0.29, 0.717) is 5.02 Å². The Bertz CT molecular complexity index is 558. The number of hydrogen-bond acceptors (Lipinski definition) is 2. The summed E-state index contributed by atoms with van der Waals surface area (Å²) < 4.78 is 2.88. The van der Waals surface area contributed by atoms with Gasteiger partial charge in [0.1, 0.15) is 6.10 Å². The van der Waals surface area contributed by atoms with E-state index in [0.717, 1.165) is 22.3 Å². The van der Waals surface area contributed by atoms with Crippen molar-refractivity contribution in [1.29, 1.82) is 0 Å². The van der Waals surface area contributed by atoms with Crippen LogP contribution in [0, 0.1) is 3.57 Å². The van der Waals surface area contributed by atoms with Crippen molar-refractivity contribution < 1.29 is 5.11 Å². The van der Waals surface area contributed by atoms with Crippen LogP contribution in [0.4, 0.5) is 0 Å². The first-order chi connectivity index (χ1) is 7.99. The molecule has 0 aliphatic carbocycles. The SMILES string of the molecule is OC(c1ccc(I)c(Cl)c1)c1cc(Br)sc1Br. The molecule has 0 saturated carbocycles. The van der Waals surface area contributed by atoms with Crippen LogP contribution in [-0.4, -0.2) is 5.11 Å². The van der Waals surface area contributed by atoms with Crippen molar-refractivity contribution in [1.82, 2.24) is 0 Å². The minimum absolute atomic E-state index is 0.660. The van der Waals surface area contributed by atoms with Crippen molar-refractivity contribution in [3.63, 3.8) is 0 Å². The van der Waals surface area contributed by atoms with Crippen molar-refractivity contribution in [2.24, 2.45) is 0 Å². The fourth-order valence-electron chi connectivity index (χ4n) is 1.40. The molecule has 0 radical (unpaired) electrons. The van der Waals surface area contributed by atoms with Crippen molar-refractivity contribution in [2.45, 2.75) is 6.10 Å². The highest BCUT2D eigenvalue weighted by Gasteiger charge is 2.17. The standard InChI is InChI=1S/C11H6Br2ClIOS/c12-9-4-6(11(13)17-9)10(16)5-1-2-8(15)7(14)3-5/h1-4,10,16H. The third kappa shape index (κ3) is 3.25. The molecule has 6 heteroatoms. The van der Waals surface area contributed by atoms with E-state index in [1.165, 1.54) is 11.3 Å². The quantitative estimate of drug-likeness (QED) is 0.523. The van der Waals surface area contributed by atoms with Gasteiger partial charge in [-0.05, 0) is 78.2 Å². The van der Waals surface area contributed by atoms with Crippen molar-refractivity contribution in [3.8, 4) is 0 Å². The summed E-state index contributed by atoms with van der Waals surface area (Å²) in [6, 6.07) is 7.49. The highest BCUT2D eigenvalue weighted by Crippen LogP contribution is 2.38. The molecule has 0 aliphatic rings. The van der Waals surface area contributed by atoms with Crippen molar-refractivity contribution in [3.05, 3.63) is 51.6 Å². The molecular weight excluding hydrogens is 502 g/mol. The van der Waals surface area contributed by atoms with Gasteiger partial charge in [0, 0.05) is 9.13 Å². The summed E-state index contributed by atoms with van der Waals surface area (Å²) in [4.78, 5) is 0. The third-order valence-corrected chi connectivity index (χ3v) is 6.20. The van der Waals surface area contributed by atoms with Gasteiger partial charge >= 0.3 is 0 Å². The molecule has 1 nitrogen and oxygen atoms in total. The zero-order valence-corrected chi connectivity index (χ0v) is 15.2. The van der Waals surface area contributed by atoms with Gasteiger partial charge in [-0.3, -0.25) is 0 Å². The van der Waals surface area contributed by atoms with E-state index in [9.17, 15) is 5.11 Å². The second-order valence-corrected chi connectivity index (χ2v) is 8.67. The number of hydrogen-bond donors (Lipinski definition) is 1. The van der Waals surface area contributed by atoms with E-state index >= 15 is 0 Å². The van der Waals surface area contributed by atoms with E-state index in [1.807, 2.05) is 18.2 Å². The molecule has 2 aromatic rings. The van der Waals surface area contributed by atoms with Crippen LogP contribution in [0.15, 0.2) is 31.8 Å². The molecule has 0 saturated heterocycles. The molecule has 90 valence electrons. The van der Waals surface area contributed by atoms with Gasteiger partial charge in [0.2, 0.25) is 0 Å². The van der Waals surface area contributed by atoms with Gasteiger partial charge in [-0.2, -0.15) is 0 Å². The fourth-order valence-corrected chi connectivity index (χ4v) is 4.81. The number of thiophene rings is 1. The predicted molar refractivity (Wildman–Crippen MR) is 87.9 cm³/mol. The highest BCUT2D eigenvalue weighted by atomic mass is 127. The zero-order chi connectivity index (χ0) is 12.6. The molecule has 1 N–H and O–H groups in total. The molecular formula is C11H6Br2ClIOS. The normalized spacial score (nSPS) is 12.8. The van der Waals surface area contributed by atoms with Crippen LogP contribution >= 0.6 is 77.4 Å². The van der Waals surface area contributed by atoms with E-state index in [2.05, 4.69) is 54.5 Å². The molecule has 1 unspecified atom stereocenters. The van der Waals surface area contributed by atoms with Crippen LogP contribution in [0.2, 0.25) is 5.02 Å². The monoisotopic (exact) mass is 506 g/mol. The molecule has 1 aromatic heterocycles. The van der Waals surface area contributed by atoms with Gasteiger partial charge in [0.05, 0.1) is 12.6 Å². The van der Waals surface area contributed by atoms with E-state index in [4.69, 9.17) is 11.6 Å². The predicted octanol–water partition coefficient (Wildman–Crippen LogP) is 5.61. The molecule has 2 rings (SSSR count). The fraction of sp³-hybridized carbons (Fsp3) is 0.0909. The van der Waals surface area contributed by atoms with Crippen LogP contribution in [0.5, 0.6) is 0 Å². The topological polar surface area (TPSA) is 20.2 Å². The highest BCUT2D eigenvalue weighted by molar-refractivity contribution is 14.1. The maximum Gasteiger partial charge on any atom is 0.106 e. The lowest BCUT2D eigenvalue weighted by molar-refractivity contribution is 0.220. The first-order valence-electron chi connectivity index (χ1n) is 4.57. The summed E-state index contributed by atoms with van der Waals surface area (Å²) in [5, 5.41) is 11.0. The maximum atomic E-state index is 10.3. The lowest BCUT2D eigenvalue weighted by Crippen LogP contribution is -1.99. The molecule has 0 bridgehead atoms. The Morgan fingerprint density at radius 2 is 2.00 bits per heavy atom. The van der Waals surface area contributed by atoms with Crippen LogP contribution in [0.25, 0.3) is 0 Å². The van der Waals surface area contributed by atoms with Gasteiger partial charge in [-0.25, -0.2) is 0 Å². The first kappa shape index (κ1) is 14.3. The summed E-state index contributed by atoms with van der Waals surface area (Å²) in [6.45, 7) is 0. The Hall–Kier alpha value is 0.860. The maximum absolute atomic E-state index is 10.3. The molecule has 1 heterocycles. The number of benzene rings is 1. The summed E-state index contributed by atoms with van der Waals surface area (Å²) in [5.41, 5.74) is 1.64. The van der Waals surface area contributed by atoms with Crippen LogP contribution in [0.1, 0.15) is 17.2 Å². The number of rotatable bonds is 2.